The average molecular weight is 504 g/mol. The highest BCUT2D eigenvalue weighted by molar-refractivity contribution is 5.85. The lowest BCUT2D eigenvalue weighted by Crippen LogP contribution is -2.54. The van der Waals surface area contributed by atoms with E-state index in [0.29, 0.717) is 32.5 Å². The molecule has 0 bridgehead atoms. The summed E-state index contributed by atoms with van der Waals surface area (Å²) in [6, 6.07) is 16.8. The van der Waals surface area contributed by atoms with Crippen LogP contribution in [0.25, 0.3) is 0 Å². The molecule has 35 heavy (non-hydrogen) atoms. The molecule has 2 aromatic rings. The van der Waals surface area contributed by atoms with Crippen molar-refractivity contribution in [3.05, 3.63) is 65.7 Å². The van der Waals surface area contributed by atoms with E-state index in [9.17, 15) is 9.59 Å². The van der Waals surface area contributed by atoms with E-state index in [1.54, 1.807) is 12.0 Å². The molecule has 3 rings (SSSR count). The van der Waals surface area contributed by atoms with Crippen LogP contribution in [0.1, 0.15) is 44.7 Å². The molecule has 0 aliphatic carbocycles. The van der Waals surface area contributed by atoms with E-state index < -0.39 is 6.04 Å². The SMILES string of the molecule is COc1ccc(CN(C(=O)OCc2ccccc2)C2CCN(C(=O)[C@@H](N)C(C)(C)C)CC2)cc1.Cl. The fourth-order valence-corrected chi connectivity index (χ4v) is 4.04. The van der Waals surface area contributed by atoms with E-state index in [1.807, 2.05) is 80.3 Å². The number of nitrogens with two attached hydrogens (primary N) is 1. The minimum atomic E-state index is -0.546. The van der Waals surface area contributed by atoms with Crippen molar-refractivity contribution in [3.63, 3.8) is 0 Å². The highest BCUT2D eigenvalue weighted by Crippen LogP contribution is 2.25. The molecule has 0 radical (unpaired) electrons. The van der Waals surface area contributed by atoms with Crippen LogP contribution in [0.3, 0.4) is 0 Å². The zero-order valence-electron chi connectivity index (χ0n) is 21.1. The van der Waals surface area contributed by atoms with Gasteiger partial charge in [-0.1, -0.05) is 63.2 Å². The number of ether oxygens (including phenoxy) is 2. The Morgan fingerprint density at radius 3 is 2.17 bits per heavy atom. The highest BCUT2D eigenvalue weighted by Gasteiger charge is 2.35. The number of hydrogen-bond donors (Lipinski definition) is 1. The molecule has 1 saturated heterocycles. The molecule has 2 N–H and O–H groups in total. The first kappa shape index (κ1) is 28.5. The summed E-state index contributed by atoms with van der Waals surface area (Å²) in [6.07, 6.45) is 1.01. The van der Waals surface area contributed by atoms with Crippen molar-refractivity contribution in [2.75, 3.05) is 20.2 Å². The molecule has 0 spiro atoms. The summed E-state index contributed by atoms with van der Waals surface area (Å²) in [6.45, 7) is 7.70. The first-order chi connectivity index (χ1) is 16.2. The Bertz CT molecular complexity index is 939. The van der Waals surface area contributed by atoms with E-state index in [2.05, 4.69) is 0 Å². The molecule has 1 aliphatic heterocycles. The summed E-state index contributed by atoms with van der Waals surface area (Å²) in [4.78, 5) is 29.6. The summed E-state index contributed by atoms with van der Waals surface area (Å²) in [5.74, 6) is 0.739. The Morgan fingerprint density at radius 1 is 1.03 bits per heavy atom. The fraction of sp³-hybridized carbons (Fsp3) is 0.481. The average Bonchev–Trinajstić information content (AvgIpc) is 2.85. The largest absolute Gasteiger partial charge is 0.497 e. The molecule has 0 aromatic heterocycles. The number of methoxy groups -OCH3 is 1. The smallest absolute Gasteiger partial charge is 0.410 e. The molecular formula is C27H38ClN3O4. The van der Waals surface area contributed by atoms with Gasteiger partial charge in [0.1, 0.15) is 12.4 Å². The van der Waals surface area contributed by atoms with Gasteiger partial charge in [0.2, 0.25) is 5.91 Å². The third-order valence-electron chi connectivity index (χ3n) is 6.37. The zero-order chi connectivity index (χ0) is 24.7. The van der Waals surface area contributed by atoms with Crippen LogP contribution in [0, 0.1) is 5.41 Å². The van der Waals surface area contributed by atoms with Crippen LogP contribution in [0.5, 0.6) is 5.75 Å². The number of nitrogens with zero attached hydrogens (tertiary/aromatic N) is 2. The lowest BCUT2D eigenvalue weighted by atomic mass is 9.86. The quantitative estimate of drug-likeness (QED) is 0.596. The van der Waals surface area contributed by atoms with E-state index in [-0.39, 0.29) is 42.5 Å². The number of likely N-dealkylation sites (tertiary alicyclic amines) is 1. The van der Waals surface area contributed by atoms with Crippen LogP contribution in [-0.2, 0) is 22.7 Å². The van der Waals surface area contributed by atoms with Gasteiger partial charge in [0.05, 0.1) is 13.2 Å². The number of amides is 2. The molecule has 0 unspecified atom stereocenters. The standard InChI is InChI=1S/C27H37N3O4.ClH/c1-27(2,3)24(28)25(31)29-16-14-22(15-17-29)30(18-20-10-12-23(33-4)13-11-20)26(32)34-19-21-8-6-5-7-9-21;/h5-13,22,24H,14-19,28H2,1-4H3;1H/t24-;/m1./s1. The third-order valence-corrected chi connectivity index (χ3v) is 6.37. The summed E-state index contributed by atoms with van der Waals surface area (Å²) < 4.78 is 10.9. The first-order valence-electron chi connectivity index (χ1n) is 11.8. The third kappa shape index (κ3) is 7.87. The van der Waals surface area contributed by atoms with Crippen molar-refractivity contribution in [2.24, 2.45) is 11.1 Å². The van der Waals surface area contributed by atoms with Gasteiger partial charge in [-0.3, -0.25) is 4.79 Å². The van der Waals surface area contributed by atoms with Crippen LogP contribution >= 0.6 is 12.4 Å². The molecule has 1 heterocycles. The molecule has 1 atom stereocenters. The first-order valence-corrected chi connectivity index (χ1v) is 11.8. The second-order valence-electron chi connectivity index (χ2n) is 9.92. The van der Waals surface area contributed by atoms with Gasteiger partial charge in [-0.2, -0.15) is 0 Å². The normalized spacial score (nSPS) is 15.1. The predicted molar refractivity (Wildman–Crippen MR) is 139 cm³/mol. The van der Waals surface area contributed by atoms with E-state index >= 15 is 0 Å². The number of carbonyl (C=O) groups excluding carboxylic acids is 2. The number of carbonyl (C=O) groups is 2. The van der Waals surface area contributed by atoms with Crippen molar-refractivity contribution in [1.82, 2.24) is 9.80 Å². The van der Waals surface area contributed by atoms with Gasteiger partial charge in [0.25, 0.3) is 0 Å². The predicted octanol–water partition coefficient (Wildman–Crippen LogP) is 4.62. The molecule has 1 fully saturated rings. The van der Waals surface area contributed by atoms with Crippen molar-refractivity contribution in [1.29, 1.82) is 0 Å². The molecule has 192 valence electrons. The van der Waals surface area contributed by atoms with Gasteiger partial charge in [-0.25, -0.2) is 4.79 Å². The van der Waals surface area contributed by atoms with Crippen LogP contribution in [0.4, 0.5) is 4.79 Å². The van der Waals surface area contributed by atoms with Gasteiger partial charge in [-0.05, 0) is 41.5 Å². The zero-order valence-corrected chi connectivity index (χ0v) is 21.9. The number of benzene rings is 2. The van der Waals surface area contributed by atoms with E-state index in [0.717, 1.165) is 16.9 Å². The number of piperidine rings is 1. The lowest BCUT2D eigenvalue weighted by molar-refractivity contribution is -0.136. The molecule has 2 amide bonds. The molecular weight excluding hydrogens is 466 g/mol. The van der Waals surface area contributed by atoms with Crippen LogP contribution < -0.4 is 10.5 Å². The lowest BCUT2D eigenvalue weighted by Gasteiger charge is -2.40. The highest BCUT2D eigenvalue weighted by atomic mass is 35.5. The molecule has 7 nitrogen and oxygen atoms in total. The number of rotatable bonds is 7. The Kier molecular flexibility index (Phi) is 10.4. The summed E-state index contributed by atoms with van der Waals surface area (Å²) in [5, 5.41) is 0. The van der Waals surface area contributed by atoms with Gasteiger partial charge < -0.3 is 25.0 Å². The maximum absolute atomic E-state index is 13.2. The van der Waals surface area contributed by atoms with E-state index in [4.69, 9.17) is 15.2 Å². The van der Waals surface area contributed by atoms with Gasteiger partial charge in [0, 0.05) is 25.7 Å². The van der Waals surface area contributed by atoms with Gasteiger partial charge in [-0.15, -0.1) is 12.4 Å². The molecule has 2 aromatic carbocycles. The van der Waals surface area contributed by atoms with Crippen LogP contribution in [0.15, 0.2) is 54.6 Å². The number of hydrogen-bond acceptors (Lipinski definition) is 5. The second-order valence-corrected chi connectivity index (χ2v) is 9.92. The molecule has 8 heteroatoms. The van der Waals surface area contributed by atoms with Crippen molar-refractivity contribution >= 4 is 24.4 Å². The van der Waals surface area contributed by atoms with E-state index in [1.165, 1.54) is 0 Å². The Labute approximate surface area is 215 Å². The molecule has 1 aliphatic rings. The Morgan fingerprint density at radius 2 is 1.63 bits per heavy atom. The minimum absolute atomic E-state index is 0. The fourth-order valence-electron chi connectivity index (χ4n) is 4.04. The van der Waals surface area contributed by atoms with Crippen molar-refractivity contribution in [3.8, 4) is 5.75 Å². The van der Waals surface area contributed by atoms with Gasteiger partial charge >= 0.3 is 6.09 Å². The minimum Gasteiger partial charge on any atom is -0.497 e. The Balaban J connectivity index is 0.00000432. The number of halogens is 1. The topological polar surface area (TPSA) is 85.1 Å². The summed E-state index contributed by atoms with van der Waals surface area (Å²) in [5.41, 5.74) is 7.84. The van der Waals surface area contributed by atoms with Crippen molar-refractivity contribution < 1.29 is 19.1 Å². The molecule has 0 saturated carbocycles. The maximum atomic E-state index is 13.2. The van der Waals surface area contributed by atoms with Crippen LogP contribution in [0.2, 0.25) is 0 Å². The van der Waals surface area contributed by atoms with Crippen molar-refractivity contribution in [2.45, 2.75) is 58.8 Å². The second kappa shape index (κ2) is 12.8. The monoisotopic (exact) mass is 503 g/mol. The maximum Gasteiger partial charge on any atom is 0.410 e. The van der Waals surface area contributed by atoms with Gasteiger partial charge in [0.15, 0.2) is 0 Å². The Hall–Kier alpha value is -2.77. The summed E-state index contributed by atoms with van der Waals surface area (Å²) in [7, 11) is 1.63. The van der Waals surface area contributed by atoms with Crippen LogP contribution in [-0.4, -0.2) is 54.1 Å². The summed E-state index contributed by atoms with van der Waals surface area (Å²) >= 11 is 0.